The SMILES string of the molecule is COc1cc(/C=N/NC(=O)CNc2cccc(C(F)(F)F)c2)ccc1OC(=O)c1ccccc1F. The molecule has 0 heterocycles. The first-order valence-electron chi connectivity index (χ1n) is 10.0. The number of ether oxygens (including phenoxy) is 2. The van der Waals surface area contributed by atoms with Crippen molar-refractivity contribution in [3.8, 4) is 11.5 Å². The second-order valence-electron chi connectivity index (χ2n) is 7.00. The smallest absolute Gasteiger partial charge is 0.416 e. The fourth-order valence-electron chi connectivity index (χ4n) is 2.84. The molecule has 182 valence electrons. The van der Waals surface area contributed by atoms with E-state index in [1.807, 2.05) is 0 Å². The summed E-state index contributed by atoms with van der Waals surface area (Å²) in [6, 6.07) is 14.2. The number of esters is 1. The van der Waals surface area contributed by atoms with Gasteiger partial charge in [0, 0.05) is 5.69 Å². The van der Waals surface area contributed by atoms with E-state index >= 15 is 0 Å². The van der Waals surface area contributed by atoms with Gasteiger partial charge in [-0.25, -0.2) is 14.6 Å². The normalized spacial score (nSPS) is 11.2. The van der Waals surface area contributed by atoms with Crippen molar-refractivity contribution in [2.45, 2.75) is 6.18 Å². The predicted molar refractivity (Wildman–Crippen MR) is 120 cm³/mol. The Bertz CT molecular complexity index is 1250. The molecule has 0 fully saturated rings. The molecule has 0 unspecified atom stereocenters. The number of benzene rings is 3. The molecule has 0 aliphatic rings. The van der Waals surface area contributed by atoms with Crippen LogP contribution in [0.25, 0.3) is 0 Å². The topological polar surface area (TPSA) is 89.0 Å². The van der Waals surface area contributed by atoms with Gasteiger partial charge in [-0.15, -0.1) is 0 Å². The van der Waals surface area contributed by atoms with E-state index < -0.39 is 29.4 Å². The number of carbonyl (C=O) groups excluding carboxylic acids is 2. The predicted octanol–water partition coefficient (Wildman–Crippen LogP) is 4.63. The van der Waals surface area contributed by atoms with Crippen molar-refractivity contribution in [1.29, 1.82) is 0 Å². The third kappa shape index (κ3) is 7.03. The Kier molecular flexibility index (Phi) is 8.03. The number of rotatable bonds is 8. The summed E-state index contributed by atoms with van der Waals surface area (Å²) in [5, 5.41) is 6.36. The van der Waals surface area contributed by atoms with Gasteiger partial charge in [0.1, 0.15) is 5.82 Å². The number of hydrogen-bond acceptors (Lipinski definition) is 6. The van der Waals surface area contributed by atoms with Crippen LogP contribution in [0.5, 0.6) is 11.5 Å². The molecule has 0 saturated heterocycles. The summed E-state index contributed by atoms with van der Waals surface area (Å²) >= 11 is 0. The standard InChI is InChI=1S/C24H19F4N3O4/c1-34-21-11-15(9-10-20(21)35-23(33)18-7-2-3-8-19(18)25)13-30-31-22(32)14-29-17-6-4-5-16(12-17)24(26,27)28/h2-13,29H,14H2,1H3,(H,31,32)/b30-13+. The highest BCUT2D eigenvalue weighted by molar-refractivity contribution is 5.92. The van der Waals surface area contributed by atoms with Crippen LogP contribution in [0, 0.1) is 5.82 Å². The third-order valence-electron chi connectivity index (χ3n) is 4.53. The maximum Gasteiger partial charge on any atom is 0.416 e. The number of anilines is 1. The fraction of sp³-hybridized carbons (Fsp3) is 0.125. The van der Waals surface area contributed by atoms with Crippen LogP contribution in [0.15, 0.2) is 71.8 Å². The molecule has 3 rings (SSSR count). The number of nitrogens with one attached hydrogen (secondary N) is 2. The first-order chi connectivity index (χ1) is 16.7. The Hall–Kier alpha value is -4.41. The van der Waals surface area contributed by atoms with Crippen LogP contribution < -0.4 is 20.2 Å². The summed E-state index contributed by atoms with van der Waals surface area (Å²) in [5.74, 6) is -2.01. The molecular weight excluding hydrogens is 470 g/mol. The molecule has 2 N–H and O–H groups in total. The quantitative estimate of drug-likeness (QED) is 0.158. The van der Waals surface area contributed by atoms with Crippen LogP contribution in [0.3, 0.4) is 0 Å². The second kappa shape index (κ2) is 11.1. The Balaban J connectivity index is 1.57. The highest BCUT2D eigenvalue weighted by Gasteiger charge is 2.30. The molecule has 0 saturated carbocycles. The number of nitrogens with zero attached hydrogens (tertiary/aromatic N) is 1. The lowest BCUT2D eigenvalue weighted by Crippen LogP contribution is -2.26. The summed E-state index contributed by atoms with van der Waals surface area (Å²) in [6.07, 6.45) is -3.20. The minimum atomic E-state index is -4.49. The van der Waals surface area contributed by atoms with Crippen LogP contribution in [-0.4, -0.2) is 31.7 Å². The molecule has 3 aromatic carbocycles. The van der Waals surface area contributed by atoms with E-state index in [4.69, 9.17) is 9.47 Å². The van der Waals surface area contributed by atoms with Gasteiger partial charge in [0.05, 0.1) is 31.0 Å². The molecule has 1 amide bonds. The van der Waals surface area contributed by atoms with Crippen molar-refractivity contribution in [3.63, 3.8) is 0 Å². The van der Waals surface area contributed by atoms with E-state index in [1.54, 1.807) is 0 Å². The number of carbonyl (C=O) groups is 2. The van der Waals surface area contributed by atoms with Gasteiger partial charge >= 0.3 is 12.1 Å². The van der Waals surface area contributed by atoms with E-state index in [0.29, 0.717) is 5.56 Å². The summed E-state index contributed by atoms with van der Waals surface area (Å²) in [6.45, 7) is -0.313. The molecule has 0 aromatic heterocycles. The third-order valence-corrected chi connectivity index (χ3v) is 4.53. The molecule has 0 aliphatic heterocycles. The monoisotopic (exact) mass is 489 g/mol. The van der Waals surface area contributed by atoms with Crippen molar-refractivity contribution >= 4 is 23.8 Å². The molecule has 0 aliphatic carbocycles. The number of halogens is 4. The van der Waals surface area contributed by atoms with Crippen molar-refractivity contribution in [2.75, 3.05) is 19.0 Å². The van der Waals surface area contributed by atoms with Gasteiger partial charge < -0.3 is 14.8 Å². The van der Waals surface area contributed by atoms with Crippen LogP contribution in [0.1, 0.15) is 21.5 Å². The Morgan fingerprint density at radius 3 is 2.49 bits per heavy atom. The molecule has 0 bridgehead atoms. The second-order valence-corrected chi connectivity index (χ2v) is 7.00. The van der Waals surface area contributed by atoms with E-state index in [2.05, 4.69) is 15.8 Å². The first-order valence-corrected chi connectivity index (χ1v) is 10.0. The average Bonchev–Trinajstić information content (AvgIpc) is 2.83. The fourth-order valence-corrected chi connectivity index (χ4v) is 2.84. The average molecular weight is 489 g/mol. The minimum absolute atomic E-state index is 0.0484. The lowest BCUT2D eigenvalue weighted by atomic mass is 10.2. The zero-order valence-corrected chi connectivity index (χ0v) is 18.2. The number of alkyl halides is 3. The van der Waals surface area contributed by atoms with Gasteiger partial charge in [-0.1, -0.05) is 18.2 Å². The summed E-state index contributed by atoms with van der Waals surface area (Å²) in [7, 11) is 1.35. The van der Waals surface area contributed by atoms with E-state index in [-0.39, 0.29) is 29.3 Å². The number of amides is 1. The van der Waals surface area contributed by atoms with Crippen LogP contribution >= 0.6 is 0 Å². The first kappa shape index (κ1) is 25.2. The van der Waals surface area contributed by atoms with E-state index in [1.165, 1.54) is 61.9 Å². The number of hydrogen-bond donors (Lipinski definition) is 2. The van der Waals surface area contributed by atoms with E-state index in [0.717, 1.165) is 18.2 Å². The minimum Gasteiger partial charge on any atom is -0.493 e. The maximum absolute atomic E-state index is 13.8. The molecule has 0 atom stereocenters. The van der Waals surface area contributed by atoms with Crippen LogP contribution in [0.4, 0.5) is 23.2 Å². The Morgan fingerprint density at radius 1 is 1.00 bits per heavy atom. The molecule has 3 aromatic rings. The van der Waals surface area contributed by atoms with Gasteiger partial charge in [-0.3, -0.25) is 4.79 Å². The zero-order valence-electron chi connectivity index (χ0n) is 18.2. The summed E-state index contributed by atoms with van der Waals surface area (Å²) in [4.78, 5) is 24.1. The highest BCUT2D eigenvalue weighted by atomic mass is 19.4. The molecule has 35 heavy (non-hydrogen) atoms. The Morgan fingerprint density at radius 2 is 1.77 bits per heavy atom. The van der Waals surface area contributed by atoms with Gasteiger partial charge in [0.15, 0.2) is 11.5 Å². The van der Waals surface area contributed by atoms with Crippen molar-refractivity contribution in [2.24, 2.45) is 5.10 Å². The van der Waals surface area contributed by atoms with Crippen molar-refractivity contribution in [1.82, 2.24) is 5.43 Å². The summed E-state index contributed by atoms with van der Waals surface area (Å²) in [5.41, 5.74) is 1.77. The summed E-state index contributed by atoms with van der Waals surface area (Å²) < 4.78 is 62.4. The maximum atomic E-state index is 13.8. The van der Waals surface area contributed by atoms with E-state index in [9.17, 15) is 27.2 Å². The number of methoxy groups -OCH3 is 1. The molecule has 11 heteroatoms. The lowest BCUT2D eigenvalue weighted by Gasteiger charge is -2.10. The van der Waals surface area contributed by atoms with Gasteiger partial charge in [0.25, 0.3) is 5.91 Å². The molecule has 0 spiro atoms. The lowest BCUT2D eigenvalue weighted by molar-refractivity contribution is -0.137. The van der Waals surface area contributed by atoms with Gasteiger partial charge in [-0.2, -0.15) is 18.3 Å². The molecule has 7 nitrogen and oxygen atoms in total. The Labute approximate surface area is 197 Å². The highest BCUT2D eigenvalue weighted by Crippen LogP contribution is 2.31. The number of hydrazone groups is 1. The van der Waals surface area contributed by atoms with Crippen LogP contribution in [-0.2, 0) is 11.0 Å². The molecule has 0 radical (unpaired) electrons. The zero-order chi connectivity index (χ0) is 25.4. The van der Waals surface area contributed by atoms with Crippen molar-refractivity contribution in [3.05, 3.63) is 89.2 Å². The van der Waals surface area contributed by atoms with Crippen LogP contribution in [0.2, 0.25) is 0 Å². The van der Waals surface area contributed by atoms with Gasteiger partial charge in [0.2, 0.25) is 0 Å². The molecular formula is C24H19F4N3O4. The van der Waals surface area contributed by atoms with Gasteiger partial charge in [-0.05, 0) is 54.1 Å². The largest absolute Gasteiger partial charge is 0.493 e. The van der Waals surface area contributed by atoms with Crippen molar-refractivity contribution < 1.29 is 36.6 Å².